The first kappa shape index (κ1) is 14.1. The van der Waals surface area contributed by atoms with Crippen molar-refractivity contribution in [3.05, 3.63) is 47.1 Å². The molecule has 0 radical (unpaired) electrons. The van der Waals surface area contributed by atoms with E-state index in [1.165, 1.54) is 0 Å². The maximum Gasteiger partial charge on any atom is 0.263 e. The van der Waals surface area contributed by atoms with Crippen LogP contribution in [-0.2, 0) is 4.79 Å². The van der Waals surface area contributed by atoms with Crippen LogP contribution < -0.4 is 15.8 Å². The summed E-state index contributed by atoms with van der Waals surface area (Å²) in [5, 5.41) is 3.25. The lowest BCUT2D eigenvalue weighted by Gasteiger charge is -2.08. The van der Waals surface area contributed by atoms with Gasteiger partial charge in [-0.2, -0.15) is 0 Å². The Bertz CT molecular complexity index is 614. The Hall–Kier alpha value is -2.27. The second-order valence-corrected chi connectivity index (χ2v) is 4.60. The van der Waals surface area contributed by atoms with E-state index in [2.05, 4.69) is 10.3 Å². The van der Waals surface area contributed by atoms with E-state index >= 15 is 0 Å². The molecule has 5 nitrogen and oxygen atoms in total. The quantitative estimate of drug-likeness (QED) is 0.908. The summed E-state index contributed by atoms with van der Waals surface area (Å²) in [7, 11) is 0. The summed E-state index contributed by atoms with van der Waals surface area (Å²) in [6, 6.07) is 10.1. The van der Waals surface area contributed by atoms with Gasteiger partial charge in [0.05, 0.1) is 11.4 Å². The maximum absolute atomic E-state index is 11.7. The van der Waals surface area contributed by atoms with Gasteiger partial charge >= 0.3 is 0 Å². The topological polar surface area (TPSA) is 77.2 Å². The summed E-state index contributed by atoms with van der Waals surface area (Å²) >= 11 is 5.76. The van der Waals surface area contributed by atoms with Gasteiger partial charge in [0.25, 0.3) is 5.91 Å². The third-order valence-corrected chi connectivity index (χ3v) is 2.83. The highest BCUT2D eigenvalue weighted by atomic mass is 35.5. The van der Waals surface area contributed by atoms with E-state index in [1.54, 1.807) is 43.3 Å². The Labute approximate surface area is 121 Å². The SMILES string of the molecule is Cc1nc(NC(=O)COc2ccc(Cl)cc2)ccc1N. The fourth-order valence-electron chi connectivity index (χ4n) is 1.50. The minimum absolute atomic E-state index is 0.104. The Balaban J connectivity index is 1.89. The molecule has 0 saturated heterocycles. The number of anilines is 2. The lowest BCUT2D eigenvalue weighted by molar-refractivity contribution is -0.118. The Morgan fingerprint density at radius 1 is 1.30 bits per heavy atom. The molecule has 0 aliphatic carbocycles. The largest absolute Gasteiger partial charge is 0.484 e. The van der Waals surface area contributed by atoms with Crippen molar-refractivity contribution in [2.24, 2.45) is 0 Å². The molecule has 0 saturated carbocycles. The van der Waals surface area contributed by atoms with Crippen molar-refractivity contribution in [1.29, 1.82) is 0 Å². The van der Waals surface area contributed by atoms with Crippen LogP contribution in [0.3, 0.4) is 0 Å². The average Bonchev–Trinajstić information content (AvgIpc) is 2.42. The van der Waals surface area contributed by atoms with Crippen molar-refractivity contribution in [3.8, 4) is 5.75 Å². The summed E-state index contributed by atoms with van der Waals surface area (Å²) in [4.78, 5) is 15.9. The zero-order valence-electron chi connectivity index (χ0n) is 10.9. The predicted octanol–water partition coefficient (Wildman–Crippen LogP) is 2.64. The number of nitrogens with zero attached hydrogens (tertiary/aromatic N) is 1. The highest BCUT2D eigenvalue weighted by Crippen LogP contribution is 2.15. The van der Waals surface area contributed by atoms with E-state index < -0.39 is 0 Å². The molecular weight excluding hydrogens is 278 g/mol. The van der Waals surface area contributed by atoms with Crippen molar-refractivity contribution in [1.82, 2.24) is 4.98 Å². The number of hydrogen-bond acceptors (Lipinski definition) is 4. The lowest BCUT2D eigenvalue weighted by atomic mass is 10.3. The molecule has 0 aliphatic rings. The molecular formula is C14H14ClN3O2. The van der Waals surface area contributed by atoms with Crippen molar-refractivity contribution < 1.29 is 9.53 Å². The average molecular weight is 292 g/mol. The van der Waals surface area contributed by atoms with Crippen molar-refractivity contribution in [3.63, 3.8) is 0 Å². The summed E-state index contributed by atoms with van der Waals surface area (Å²) in [5.74, 6) is 0.726. The van der Waals surface area contributed by atoms with Crippen LogP contribution in [0.1, 0.15) is 5.69 Å². The second-order valence-electron chi connectivity index (χ2n) is 4.16. The molecule has 0 bridgehead atoms. The number of hydrogen-bond donors (Lipinski definition) is 2. The number of rotatable bonds is 4. The van der Waals surface area contributed by atoms with E-state index in [4.69, 9.17) is 22.1 Å². The fraction of sp³-hybridized carbons (Fsp3) is 0.143. The highest BCUT2D eigenvalue weighted by Gasteiger charge is 2.05. The third kappa shape index (κ3) is 3.86. The summed E-state index contributed by atoms with van der Waals surface area (Å²) < 4.78 is 5.33. The lowest BCUT2D eigenvalue weighted by Crippen LogP contribution is -2.21. The van der Waals surface area contributed by atoms with Gasteiger partial charge in [-0.1, -0.05) is 11.6 Å². The summed E-state index contributed by atoms with van der Waals surface area (Å²) in [6.45, 7) is 1.67. The minimum Gasteiger partial charge on any atom is -0.484 e. The van der Waals surface area contributed by atoms with Crippen molar-refractivity contribution >= 4 is 29.0 Å². The first-order valence-corrected chi connectivity index (χ1v) is 6.34. The first-order valence-electron chi connectivity index (χ1n) is 5.96. The highest BCUT2D eigenvalue weighted by molar-refractivity contribution is 6.30. The van der Waals surface area contributed by atoms with E-state index in [-0.39, 0.29) is 12.5 Å². The van der Waals surface area contributed by atoms with E-state index in [9.17, 15) is 4.79 Å². The number of aryl methyl sites for hydroxylation is 1. The molecule has 0 aliphatic heterocycles. The molecule has 104 valence electrons. The molecule has 2 rings (SSSR count). The van der Waals surface area contributed by atoms with Crippen LogP contribution in [0.25, 0.3) is 0 Å². The van der Waals surface area contributed by atoms with Gasteiger partial charge < -0.3 is 15.8 Å². The molecule has 0 spiro atoms. The number of carbonyl (C=O) groups is 1. The molecule has 0 fully saturated rings. The van der Waals surface area contributed by atoms with Gasteiger partial charge in [0.1, 0.15) is 11.6 Å². The molecule has 20 heavy (non-hydrogen) atoms. The molecule has 0 unspecified atom stereocenters. The zero-order valence-corrected chi connectivity index (χ0v) is 11.6. The van der Waals surface area contributed by atoms with Gasteiger partial charge in [-0.05, 0) is 43.3 Å². The van der Waals surface area contributed by atoms with E-state index in [0.29, 0.717) is 28.0 Å². The van der Waals surface area contributed by atoms with Crippen LogP contribution in [0, 0.1) is 6.92 Å². The molecule has 2 aromatic rings. The zero-order chi connectivity index (χ0) is 14.5. The number of amides is 1. The Morgan fingerprint density at radius 2 is 2.00 bits per heavy atom. The number of carbonyl (C=O) groups excluding carboxylic acids is 1. The maximum atomic E-state index is 11.7. The first-order chi connectivity index (χ1) is 9.54. The number of benzene rings is 1. The van der Waals surface area contributed by atoms with Crippen LogP contribution >= 0.6 is 11.6 Å². The van der Waals surface area contributed by atoms with Gasteiger partial charge in [-0.25, -0.2) is 4.98 Å². The Kier molecular flexibility index (Phi) is 4.42. The van der Waals surface area contributed by atoms with Crippen LogP contribution in [-0.4, -0.2) is 17.5 Å². The van der Waals surface area contributed by atoms with Crippen LogP contribution in [0.5, 0.6) is 5.75 Å². The third-order valence-electron chi connectivity index (χ3n) is 2.58. The molecule has 1 heterocycles. The predicted molar refractivity (Wildman–Crippen MR) is 79.0 cm³/mol. The van der Waals surface area contributed by atoms with Gasteiger partial charge in [0, 0.05) is 5.02 Å². The van der Waals surface area contributed by atoms with Crippen LogP contribution in [0.4, 0.5) is 11.5 Å². The van der Waals surface area contributed by atoms with Crippen molar-refractivity contribution in [2.75, 3.05) is 17.7 Å². The number of nitrogen functional groups attached to an aromatic ring is 1. The molecule has 1 aromatic carbocycles. The molecule has 6 heteroatoms. The fourth-order valence-corrected chi connectivity index (χ4v) is 1.63. The van der Waals surface area contributed by atoms with Crippen LogP contribution in [0.2, 0.25) is 5.02 Å². The summed E-state index contributed by atoms with van der Waals surface area (Å²) in [5.41, 5.74) is 6.91. The van der Waals surface area contributed by atoms with Gasteiger partial charge in [0.15, 0.2) is 6.61 Å². The smallest absolute Gasteiger partial charge is 0.263 e. The number of nitrogens with one attached hydrogen (secondary N) is 1. The van der Waals surface area contributed by atoms with Gasteiger partial charge in [-0.3, -0.25) is 4.79 Å². The molecule has 0 atom stereocenters. The Morgan fingerprint density at radius 3 is 2.65 bits per heavy atom. The van der Waals surface area contributed by atoms with Crippen molar-refractivity contribution in [2.45, 2.75) is 6.92 Å². The second kappa shape index (κ2) is 6.25. The standard InChI is InChI=1S/C14H14ClN3O2/c1-9-12(16)6-7-13(17-9)18-14(19)8-20-11-4-2-10(15)3-5-11/h2-7H,8,16H2,1H3,(H,17,18,19). The number of pyridine rings is 1. The monoisotopic (exact) mass is 291 g/mol. The number of nitrogens with two attached hydrogens (primary N) is 1. The minimum atomic E-state index is -0.295. The van der Waals surface area contributed by atoms with E-state index in [0.717, 1.165) is 0 Å². The molecule has 3 N–H and O–H groups in total. The normalized spacial score (nSPS) is 10.1. The number of aromatic nitrogens is 1. The summed E-state index contributed by atoms with van der Waals surface area (Å²) in [6.07, 6.45) is 0. The van der Waals surface area contributed by atoms with Crippen LogP contribution in [0.15, 0.2) is 36.4 Å². The molecule has 1 amide bonds. The number of halogens is 1. The molecule has 1 aromatic heterocycles. The van der Waals surface area contributed by atoms with Gasteiger partial charge in [0.2, 0.25) is 0 Å². The number of ether oxygens (including phenoxy) is 1. The van der Waals surface area contributed by atoms with E-state index in [1.807, 2.05) is 0 Å². The van der Waals surface area contributed by atoms with Gasteiger partial charge in [-0.15, -0.1) is 0 Å².